The fourth-order valence-electron chi connectivity index (χ4n) is 1.41. The van der Waals surface area contributed by atoms with Crippen LogP contribution in [0.3, 0.4) is 0 Å². The van der Waals surface area contributed by atoms with Gasteiger partial charge in [-0.1, -0.05) is 11.6 Å². The second-order valence-electron chi connectivity index (χ2n) is 3.64. The number of halogens is 4. The Morgan fingerprint density at radius 1 is 1.47 bits per heavy atom. The van der Waals surface area contributed by atoms with Gasteiger partial charge in [0, 0.05) is 5.69 Å². The molecule has 19 heavy (non-hydrogen) atoms. The van der Waals surface area contributed by atoms with E-state index in [1.807, 2.05) is 0 Å². The highest BCUT2D eigenvalue weighted by Gasteiger charge is 2.32. The molecule has 8 heteroatoms. The number of nitriles is 1. The Morgan fingerprint density at radius 2 is 2.11 bits per heavy atom. The minimum Gasteiger partial charge on any atom is -0.480 e. The molecule has 0 saturated carbocycles. The first-order valence-electron chi connectivity index (χ1n) is 4.96. The number of alkyl halides is 3. The van der Waals surface area contributed by atoms with Crippen LogP contribution >= 0.6 is 11.6 Å². The van der Waals surface area contributed by atoms with Gasteiger partial charge in [-0.05, 0) is 18.2 Å². The van der Waals surface area contributed by atoms with E-state index in [0.29, 0.717) is 4.90 Å². The van der Waals surface area contributed by atoms with Gasteiger partial charge in [-0.3, -0.25) is 4.79 Å². The summed E-state index contributed by atoms with van der Waals surface area (Å²) in [7, 11) is 0. The average Bonchev–Trinajstić information content (AvgIpc) is 2.25. The summed E-state index contributed by atoms with van der Waals surface area (Å²) >= 11 is 5.70. The Kier molecular flexibility index (Phi) is 4.62. The summed E-state index contributed by atoms with van der Waals surface area (Å²) in [5.74, 6) is -1.40. The van der Waals surface area contributed by atoms with Crippen LogP contribution in [0.4, 0.5) is 18.9 Å². The van der Waals surface area contributed by atoms with Gasteiger partial charge in [0.1, 0.15) is 19.2 Å². The quantitative estimate of drug-likeness (QED) is 0.926. The van der Waals surface area contributed by atoms with Crippen LogP contribution in [0.15, 0.2) is 18.2 Å². The van der Waals surface area contributed by atoms with Gasteiger partial charge >= 0.3 is 12.1 Å². The summed E-state index contributed by atoms with van der Waals surface area (Å²) < 4.78 is 37.1. The van der Waals surface area contributed by atoms with E-state index < -0.39 is 25.2 Å². The number of carboxylic acids is 1. The maximum absolute atomic E-state index is 12.4. The highest BCUT2D eigenvalue weighted by Crippen LogP contribution is 2.26. The van der Waals surface area contributed by atoms with E-state index >= 15 is 0 Å². The summed E-state index contributed by atoms with van der Waals surface area (Å²) in [6, 6.07) is 5.36. The molecule has 0 unspecified atom stereocenters. The zero-order chi connectivity index (χ0) is 14.6. The molecule has 0 aliphatic rings. The van der Waals surface area contributed by atoms with Crippen LogP contribution in [-0.2, 0) is 4.79 Å². The van der Waals surface area contributed by atoms with Crippen LogP contribution in [0, 0.1) is 11.3 Å². The summed E-state index contributed by atoms with van der Waals surface area (Å²) in [6.07, 6.45) is -4.55. The molecule has 1 N–H and O–H groups in total. The van der Waals surface area contributed by atoms with E-state index in [0.717, 1.165) is 6.07 Å². The number of hydrogen-bond donors (Lipinski definition) is 1. The molecule has 1 rings (SSSR count). The third-order valence-corrected chi connectivity index (χ3v) is 2.45. The first-order valence-corrected chi connectivity index (χ1v) is 5.34. The van der Waals surface area contributed by atoms with Crippen molar-refractivity contribution in [3.63, 3.8) is 0 Å². The monoisotopic (exact) mass is 292 g/mol. The molecule has 0 spiro atoms. The molecular weight excluding hydrogens is 285 g/mol. The molecule has 0 aromatic heterocycles. The van der Waals surface area contributed by atoms with Crippen molar-refractivity contribution in [2.45, 2.75) is 6.18 Å². The average molecular weight is 293 g/mol. The summed E-state index contributed by atoms with van der Waals surface area (Å²) in [5, 5.41) is 17.2. The van der Waals surface area contributed by atoms with Crippen molar-refractivity contribution in [1.82, 2.24) is 0 Å². The van der Waals surface area contributed by atoms with Crippen LogP contribution < -0.4 is 4.90 Å². The Labute approximate surface area is 111 Å². The summed E-state index contributed by atoms with van der Waals surface area (Å²) in [6.45, 7) is -2.23. The van der Waals surface area contributed by atoms with Gasteiger partial charge in [0.25, 0.3) is 0 Å². The molecular formula is C11H8ClF3N2O2. The molecule has 1 aromatic rings. The highest BCUT2D eigenvalue weighted by atomic mass is 35.5. The number of rotatable bonds is 4. The van der Waals surface area contributed by atoms with Crippen LogP contribution in [0.25, 0.3) is 0 Å². The highest BCUT2D eigenvalue weighted by molar-refractivity contribution is 6.32. The topological polar surface area (TPSA) is 64.3 Å². The normalized spacial score (nSPS) is 10.9. The molecule has 0 aliphatic heterocycles. The van der Waals surface area contributed by atoms with Gasteiger partial charge in [0.2, 0.25) is 0 Å². The Bertz CT molecular complexity index is 526. The minimum atomic E-state index is -4.55. The van der Waals surface area contributed by atoms with Crippen molar-refractivity contribution in [2.24, 2.45) is 0 Å². The molecule has 0 amide bonds. The molecule has 0 aliphatic carbocycles. The van der Waals surface area contributed by atoms with Crippen LogP contribution in [0.5, 0.6) is 0 Å². The smallest absolute Gasteiger partial charge is 0.405 e. The maximum Gasteiger partial charge on any atom is 0.405 e. The van der Waals surface area contributed by atoms with Gasteiger partial charge in [-0.15, -0.1) is 0 Å². The molecule has 0 atom stereocenters. The van der Waals surface area contributed by atoms with Gasteiger partial charge < -0.3 is 10.0 Å². The van der Waals surface area contributed by atoms with Crippen molar-refractivity contribution < 1.29 is 23.1 Å². The molecule has 4 nitrogen and oxygen atoms in total. The van der Waals surface area contributed by atoms with Crippen molar-refractivity contribution in [3.8, 4) is 6.07 Å². The predicted octanol–water partition coefficient (Wildman–Crippen LogP) is 2.66. The molecule has 0 heterocycles. The lowest BCUT2D eigenvalue weighted by Crippen LogP contribution is -2.37. The lowest BCUT2D eigenvalue weighted by Gasteiger charge is -2.24. The van der Waals surface area contributed by atoms with Gasteiger partial charge in [0.05, 0.1) is 10.6 Å². The molecule has 0 radical (unpaired) electrons. The molecule has 102 valence electrons. The van der Waals surface area contributed by atoms with Crippen molar-refractivity contribution in [3.05, 3.63) is 28.8 Å². The third-order valence-electron chi connectivity index (χ3n) is 2.13. The molecule has 0 fully saturated rings. The Balaban J connectivity index is 3.07. The maximum atomic E-state index is 12.4. The lowest BCUT2D eigenvalue weighted by molar-refractivity contribution is -0.136. The summed E-state index contributed by atoms with van der Waals surface area (Å²) in [5.41, 5.74) is 0.0939. The Hall–Kier alpha value is -1.94. The molecule has 0 bridgehead atoms. The number of aliphatic carboxylic acids is 1. The van der Waals surface area contributed by atoms with Gasteiger partial charge in [-0.2, -0.15) is 18.4 Å². The van der Waals surface area contributed by atoms with Crippen LogP contribution in [0.2, 0.25) is 5.02 Å². The van der Waals surface area contributed by atoms with Crippen molar-refractivity contribution in [2.75, 3.05) is 18.0 Å². The van der Waals surface area contributed by atoms with E-state index in [2.05, 4.69) is 0 Å². The van der Waals surface area contributed by atoms with E-state index in [4.69, 9.17) is 22.0 Å². The van der Waals surface area contributed by atoms with Crippen molar-refractivity contribution in [1.29, 1.82) is 5.26 Å². The standard InChI is InChI=1S/C11H8ClF3N2O2/c12-9-3-8(2-1-7(9)4-16)17(5-10(18)19)6-11(13,14)15/h1-3H,5-6H2,(H,18,19). The van der Waals surface area contributed by atoms with Crippen LogP contribution in [0.1, 0.15) is 5.56 Å². The molecule has 1 aromatic carbocycles. The second-order valence-corrected chi connectivity index (χ2v) is 4.05. The Morgan fingerprint density at radius 3 is 2.53 bits per heavy atom. The minimum absolute atomic E-state index is 0.0104. The molecule has 0 saturated heterocycles. The zero-order valence-corrected chi connectivity index (χ0v) is 10.2. The second kappa shape index (κ2) is 5.80. The van der Waals surface area contributed by atoms with E-state index in [9.17, 15) is 18.0 Å². The third kappa shape index (κ3) is 4.67. The van der Waals surface area contributed by atoms with Gasteiger partial charge in [-0.25, -0.2) is 0 Å². The fourth-order valence-corrected chi connectivity index (χ4v) is 1.63. The SMILES string of the molecule is N#Cc1ccc(N(CC(=O)O)CC(F)(F)F)cc1Cl. The summed E-state index contributed by atoms with van der Waals surface area (Å²) in [4.78, 5) is 11.2. The van der Waals surface area contributed by atoms with E-state index in [1.54, 1.807) is 6.07 Å². The van der Waals surface area contributed by atoms with Crippen LogP contribution in [-0.4, -0.2) is 30.3 Å². The number of carboxylic acid groups (broad SMARTS) is 1. The largest absolute Gasteiger partial charge is 0.480 e. The number of hydrogen-bond acceptors (Lipinski definition) is 3. The number of anilines is 1. The lowest BCUT2D eigenvalue weighted by atomic mass is 10.2. The fraction of sp³-hybridized carbons (Fsp3) is 0.273. The number of carbonyl (C=O) groups is 1. The number of benzene rings is 1. The predicted molar refractivity (Wildman–Crippen MR) is 62.1 cm³/mol. The first kappa shape index (κ1) is 15.1. The van der Waals surface area contributed by atoms with Gasteiger partial charge in [0.15, 0.2) is 0 Å². The first-order chi connectivity index (χ1) is 8.73. The van der Waals surface area contributed by atoms with E-state index in [-0.39, 0.29) is 16.3 Å². The van der Waals surface area contributed by atoms with E-state index in [1.165, 1.54) is 12.1 Å². The van der Waals surface area contributed by atoms with Crippen molar-refractivity contribution >= 4 is 23.3 Å². The number of nitrogens with zero attached hydrogens (tertiary/aromatic N) is 2. The zero-order valence-electron chi connectivity index (χ0n) is 9.41.